The van der Waals surface area contributed by atoms with Gasteiger partial charge in [0.25, 0.3) is 5.91 Å². The number of halogens is 1. The normalized spacial score (nSPS) is 28.2. The van der Waals surface area contributed by atoms with E-state index in [1.165, 1.54) is 12.0 Å². The van der Waals surface area contributed by atoms with Gasteiger partial charge in [0.05, 0.1) is 18.7 Å². The summed E-state index contributed by atoms with van der Waals surface area (Å²) in [5, 5.41) is 44.5. The molecule has 3 aliphatic rings. The molecule has 1 aromatic rings. The van der Waals surface area contributed by atoms with Gasteiger partial charge in [-0.2, -0.15) is 5.48 Å². The molecule has 1 amide bonds. The van der Waals surface area contributed by atoms with Gasteiger partial charge in [0, 0.05) is 28.1 Å². The summed E-state index contributed by atoms with van der Waals surface area (Å²) in [4.78, 5) is 45.2. The van der Waals surface area contributed by atoms with Crippen molar-refractivity contribution in [1.29, 1.82) is 0 Å². The Bertz CT molecular complexity index is 1220. The highest BCUT2D eigenvalue weighted by atomic mass is 79.9. The van der Waals surface area contributed by atoms with Crippen molar-refractivity contribution in [2.75, 3.05) is 21.2 Å². The molecule has 0 bridgehead atoms. The van der Waals surface area contributed by atoms with Crippen molar-refractivity contribution in [1.82, 2.24) is 10.4 Å². The Morgan fingerprint density at radius 1 is 1.31 bits per heavy atom. The van der Waals surface area contributed by atoms with Crippen molar-refractivity contribution >= 4 is 33.4 Å². The maximum atomic E-state index is 13.6. The van der Waals surface area contributed by atoms with Gasteiger partial charge in [-0.15, -0.1) is 0 Å². The van der Waals surface area contributed by atoms with Gasteiger partial charge in [-0.1, -0.05) is 15.9 Å². The number of nitrogens with zero attached hydrogens (tertiary/aromatic N) is 1. The number of amides is 1. The minimum atomic E-state index is -2.66. The topological polar surface area (TPSA) is 183 Å². The minimum absolute atomic E-state index is 0.0337. The summed E-state index contributed by atoms with van der Waals surface area (Å²) in [5.74, 6) is -6.78. The highest BCUT2D eigenvalue weighted by molar-refractivity contribution is 9.10. The number of benzene rings is 1. The van der Waals surface area contributed by atoms with E-state index in [4.69, 9.17) is 10.6 Å². The number of Topliss-reactive ketones (excluding diaryl/α,β-unsaturated/α-hetero) is 2. The number of hydroxylamine groups is 1. The number of phenolic OH excluding ortho intramolecular Hbond substituents is 1. The van der Waals surface area contributed by atoms with Crippen LogP contribution in [-0.2, 0) is 27.4 Å². The Hall–Kier alpha value is -2.77. The summed E-state index contributed by atoms with van der Waals surface area (Å²) >= 11 is 3.45. The molecular formula is C23H26BrN3O8. The van der Waals surface area contributed by atoms with E-state index in [0.717, 1.165) is 0 Å². The molecule has 0 aliphatic heterocycles. The molecule has 0 radical (unpaired) electrons. The molecule has 11 nitrogen and oxygen atoms in total. The second-order valence-electron chi connectivity index (χ2n) is 9.21. The molecule has 0 saturated carbocycles. The SMILES string of the molecule is CONCc1cc(Br)c2c(c1O)C(=O)C1=C(O)[C@]3(O)C(=O)C(C(N)=O)=C(O)[C@@H](N(C)C)[C@@H]3C[C@@H]1C2. The first-order valence-corrected chi connectivity index (χ1v) is 11.6. The fourth-order valence-corrected chi connectivity index (χ4v) is 6.25. The Kier molecular flexibility index (Phi) is 6.31. The molecule has 4 atom stereocenters. The van der Waals surface area contributed by atoms with Crippen LogP contribution in [-0.4, -0.2) is 75.6 Å². The Balaban J connectivity index is 1.93. The number of hydrogen-bond acceptors (Lipinski definition) is 10. The number of hydrogen-bond donors (Lipinski definition) is 6. The molecule has 3 aliphatic carbocycles. The van der Waals surface area contributed by atoms with Gasteiger partial charge in [0.2, 0.25) is 5.78 Å². The molecule has 0 unspecified atom stereocenters. The van der Waals surface area contributed by atoms with Crippen LogP contribution in [0.5, 0.6) is 5.75 Å². The lowest BCUT2D eigenvalue weighted by Crippen LogP contribution is -2.63. The largest absolute Gasteiger partial charge is 0.510 e. The smallest absolute Gasteiger partial charge is 0.255 e. The van der Waals surface area contributed by atoms with Gasteiger partial charge in [0.15, 0.2) is 11.4 Å². The summed E-state index contributed by atoms with van der Waals surface area (Å²) in [6, 6.07) is 0.626. The number of nitrogens with one attached hydrogen (secondary N) is 1. The van der Waals surface area contributed by atoms with Crippen LogP contribution < -0.4 is 11.2 Å². The molecule has 4 rings (SSSR count). The second kappa shape index (κ2) is 8.71. The van der Waals surface area contributed by atoms with Gasteiger partial charge in [-0.3, -0.25) is 19.3 Å². The van der Waals surface area contributed by atoms with Gasteiger partial charge < -0.3 is 31.0 Å². The van der Waals surface area contributed by atoms with Gasteiger partial charge >= 0.3 is 0 Å². The Morgan fingerprint density at radius 2 is 1.97 bits per heavy atom. The lowest BCUT2D eigenvalue weighted by molar-refractivity contribution is -0.148. The van der Waals surface area contributed by atoms with Crippen molar-refractivity contribution in [3.05, 3.63) is 49.9 Å². The van der Waals surface area contributed by atoms with Crippen molar-refractivity contribution in [2.45, 2.75) is 31.0 Å². The fourth-order valence-electron chi connectivity index (χ4n) is 5.61. The average molecular weight is 552 g/mol. The number of aliphatic hydroxyl groups is 3. The van der Waals surface area contributed by atoms with Gasteiger partial charge in [-0.05, 0) is 44.5 Å². The van der Waals surface area contributed by atoms with Crippen molar-refractivity contribution < 1.29 is 39.6 Å². The highest BCUT2D eigenvalue weighted by Crippen LogP contribution is 2.53. The van der Waals surface area contributed by atoms with Crippen molar-refractivity contribution in [3.63, 3.8) is 0 Å². The van der Waals surface area contributed by atoms with E-state index in [0.29, 0.717) is 15.6 Å². The summed E-state index contributed by atoms with van der Waals surface area (Å²) in [6.07, 6.45) is 0.243. The van der Waals surface area contributed by atoms with Crippen LogP contribution in [0.2, 0.25) is 0 Å². The number of nitrogens with two attached hydrogens (primary N) is 1. The number of allylic oxidation sites excluding steroid dienone is 1. The standard InChI is InChI=1S/C23H26BrN3O8/c1-27(2)16-11-5-8-4-10-12(24)6-9(7-26-35-3)17(28)14(10)18(29)13(8)20(31)23(11,34)21(32)15(19(16)30)22(25)33/h6,8,11,16,26,28,30-31,34H,4-5,7H2,1-3H3,(H2,25,33)/t8-,11-,16-,23-/m0/s1. The number of aliphatic hydroxyl groups excluding tert-OH is 2. The number of likely N-dealkylation sites (N-methyl/N-ethyl adjacent to an activating group) is 1. The first-order valence-electron chi connectivity index (χ1n) is 10.8. The van der Waals surface area contributed by atoms with Crippen molar-refractivity contribution in [2.24, 2.45) is 17.6 Å². The first kappa shape index (κ1) is 25.3. The van der Waals surface area contributed by atoms with Gasteiger partial charge in [-0.25, -0.2) is 0 Å². The lowest BCUT2D eigenvalue weighted by atomic mass is 9.58. The molecule has 0 heterocycles. The summed E-state index contributed by atoms with van der Waals surface area (Å²) in [5.41, 5.74) is 5.02. The van der Waals surface area contributed by atoms with E-state index in [1.807, 2.05) is 0 Å². The zero-order chi connectivity index (χ0) is 26.0. The highest BCUT2D eigenvalue weighted by Gasteiger charge is 2.63. The number of carbonyl (C=O) groups excluding carboxylic acids is 3. The minimum Gasteiger partial charge on any atom is -0.510 e. The molecular weight excluding hydrogens is 526 g/mol. The molecule has 7 N–H and O–H groups in total. The summed E-state index contributed by atoms with van der Waals surface area (Å²) in [7, 11) is 4.56. The van der Waals surface area contributed by atoms with Crippen LogP contribution in [0, 0.1) is 11.8 Å². The van der Waals surface area contributed by atoms with Crippen LogP contribution in [0.4, 0.5) is 0 Å². The second-order valence-corrected chi connectivity index (χ2v) is 10.1. The van der Waals surface area contributed by atoms with Crippen LogP contribution in [0.3, 0.4) is 0 Å². The molecule has 1 aromatic carbocycles. The van der Waals surface area contributed by atoms with E-state index >= 15 is 0 Å². The number of fused-ring (bicyclic) bond motifs is 3. The van der Waals surface area contributed by atoms with E-state index in [-0.39, 0.29) is 36.3 Å². The molecule has 0 aromatic heterocycles. The van der Waals surface area contributed by atoms with E-state index in [9.17, 15) is 34.8 Å². The average Bonchev–Trinajstić information content (AvgIpc) is 2.77. The molecule has 35 heavy (non-hydrogen) atoms. The number of rotatable bonds is 5. The van der Waals surface area contributed by atoms with Crippen LogP contribution >= 0.6 is 15.9 Å². The van der Waals surface area contributed by atoms with Crippen LogP contribution in [0.15, 0.2) is 33.2 Å². The molecule has 0 spiro atoms. The number of ketones is 2. The number of aromatic hydroxyl groups is 1. The predicted molar refractivity (Wildman–Crippen MR) is 125 cm³/mol. The van der Waals surface area contributed by atoms with Crippen LogP contribution in [0.25, 0.3) is 0 Å². The predicted octanol–water partition coefficient (Wildman–Crippen LogP) is 0.534. The molecule has 12 heteroatoms. The third-order valence-electron chi connectivity index (χ3n) is 7.15. The quantitative estimate of drug-likeness (QED) is 0.223. The van der Waals surface area contributed by atoms with E-state index < -0.39 is 58.0 Å². The van der Waals surface area contributed by atoms with Gasteiger partial charge in [0.1, 0.15) is 22.8 Å². The summed E-state index contributed by atoms with van der Waals surface area (Å²) < 4.78 is 0.563. The Labute approximate surface area is 208 Å². The molecule has 188 valence electrons. The van der Waals surface area contributed by atoms with E-state index in [1.54, 1.807) is 20.2 Å². The first-order chi connectivity index (χ1) is 16.4. The summed E-state index contributed by atoms with van der Waals surface area (Å²) in [6.45, 7) is 0.0804. The third-order valence-corrected chi connectivity index (χ3v) is 7.86. The number of primary amides is 1. The molecule has 0 fully saturated rings. The maximum Gasteiger partial charge on any atom is 0.255 e. The van der Waals surface area contributed by atoms with E-state index in [2.05, 4.69) is 21.4 Å². The van der Waals surface area contributed by atoms with Crippen molar-refractivity contribution in [3.8, 4) is 5.75 Å². The fraction of sp³-hybridized carbons (Fsp3) is 0.435. The zero-order valence-corrected chi connectivity index (χ0v) is 20.8. The Morgan fingerprint density at radius 3 is 2.54 bits per heavy atom. The maximum absolute atomic E-state index is 13.6. The monoisotopic (exact) mass is 551 g/mol. The number of carbonyl (C=O) groups is 3. The third kappa shape index (κ3) is 3.51. The lowest BCUT2D eigenvalue weighted by Gasteiger charge is -2.50. The van der Waals surface area contributed by atoms with Crippen LogP contribution in [0.1, 0.15) is 27.9 Å². The number of phenols is 1. The molecule has 0 saturated heterocycles. The zero-order valence-electron chi connectivity index (χ0n) is 19.3.